The second-order valence-corrected chi connectivity index (χ2v) is 5.69. The molecule has 0 spiro atoms. The zero-order chi connectivity index (χ0) is 14.3. The summed E-state index contributed by atoms with van der Waals surface area (Å²) in [5.41, 5.74) is 7.60. The Balaban J connectivity index is 2.10. The van der Waals surface area contributed by atoms with Crippen LogP contribution >= 0.6 is 34.8 Å². The lowest BCUT2D eigenvalue weighted by molar-refractivity contribution is 0.525. The number of hydrogen-bond acceptors (Lipinski definition) is 2. The fourth-order valence-corrected chi connectivity index (χ4v) is 2.95. The van der Waals surface area contributed by atoms with E-state index in [0.717, 1.165) is 11.0 Å². The highest BCUT2D eigenvalue weighted by molar-refractivity contribution is 6.36. The molecule has 0 saturated heterocycles. The van der Waals surface area contributed by atoms with Crippen molar-refractivity contribution in [1.29, 1.82) is 0 Å². The van der Waals surface area contributed by atoms with Crippen LogP contribution in [-0.2, 0) is 0 Å². The van der Waals surface area contributed by atoms with Crippen molar-refractivity contribution in [3.8, 4) is 0 Å². The monoisotopic (exact) mass is 325 g/mol. The summed E-state index contributed by atoms with van der Waals surface area (Å²) in [5, 5.41) is 2.58. The van der Waals surface area contributed by atoms with Crippen LogP contribution in [0.1, 0.15) is 17.4 Å². The molecule has 1 heterocycles. The molecule has 3 rings (SSSR count). The lowest BCUT2D eigenvalue weighted by atomic mass is 10.1. The van der Waals surface area contributed by atoms with Gasteiger partial charge in [-0.1, -0.05) is 40.9 Å². The quantitative estimate of drug-likeness (QED) is 0.681. The molecule has 0 saturated carbocycles. The van der Waals surface area contributed by atoms with Crippen LogP contribution in [0.15, 0.2) is 46.9 Å². The van der Waals surface area contributed by atoms with E-state index < -0.39 is 6.04 Å². The highest BCUT2D eigenvalue weighted by Gasteiger charge is 2.19. The average molecular weight is 327 g/mol. The maximum absolute atomic E-state index is 6.22. The van der Waals surface area contributed by atoms with Crippen LogP contribution in [0.5, 0.6) is 0 Å². The third kappa shape index (κ3) is 2.40. The standard InChI is InChI=1S/C15H10Cl3NO/c16-9-4-5-12-8(6-9)7-13(20-12)15(19)14-10(17)2-1-3-11(14)18/h1-7,15H,19H2. The van der Waals surface area contributed by atoms with Gasteiger partial charge < -0.3 is 10.2 Å². The number of hydrogen-bond donors (Lipinski definition) is 1. The van der Waals surface area contributed by atoms with Gasteiger partial charge in [-0.2, -0.15) is 0 Å². The molecular weight excluding hydrogens is 317 g/mol. The molecule has 2 N–H and O–H groups in total. The van der Waals surface area contributed by atoms with Crippen LogP contribution in [-0.4, -0.2) is 0 Å². The van der Waals surface area contributed by atoms with E-state index in [9.17, 15) is 0 Å². The molecule has 0 aliphatic rings. The van der Waals surface area contributed by atoms with Gasteiger partial charge in [0.15, 0.2) is 0 Å². The maximum atomic E-state index is 6.22. The van der Waals surface area contributed by atoms with Gasteiger partial charge in [0.1, 0.15) is 11.3 Å². The summed E-state index contributed by atoms with van der Waals surface area (Å²) in [6.07, 6.45) is 0. The summed E-state index contributed by atoms with van der Waals surface area (Å²) in [6, 6.07) is 12.0. The first-order chi connectivity index (χ1) is 9.56. The fraction of sp³-hybridized carbons (Fsp3) is 0.0667. The number of fused-ring (bicyclic) bond motifs is 1. The summed E-state index contributed by atoms with van der Waals surface area (Å²) in [6.45, 7) is 0. The molecule has 20 heavy (non-hydrogen) atoms. The number of nitrogens with two attached hydrogens (primary N) is 1. The Bertz CT molecular complexity index is 762. The Morgan fingerprint density at radius 3 is 2.35 bits per heavy atom. The van der Waals surface area contributed by atoms with Gasteiger partial charge in [-0.15, -0.1) is 0 Å². The van der Waals surface area contributed by atoms with E-state index in [0.29, 0.717) is 26.4 Å². The number of rotatable bonds is 2. The van der Waals surface area contributed by atoms with Crippen LogP contribution in [0, 0.1) is 0 Å². The molecule has 3 aromatic rings. The van der Waals surface area contributed by atoms with Crippen LogP contribution in [0.2, 0.25) is 15.1 Å². The van der Waals surface area contributed by atoms with Crippen LogP contribution in [0.3, 0.4) is 0 Å². The molecule has 5 heteroatoms. The maximum Gasteiger partial charge on any atom is 0.134 e. The van der Waals surface area contributed by atoms with Gasteiger partial charge in [0, 0.05) is 26.0 Å². The molecule has 0 aliphatic carbocycles. The van der Waals surface area contributed by atoms with E-state index >= 15 is 0 Å². The molecule has 0 fully saturated rings. The van der Waals surface area contributed by atoms with Gasteiger partial charge in [0.25, 0.3) is 0 Å². The van der Waals surface area contributed by atoms with Crippen molar-refractivity contribution in [2.24, 2.45) is 5.73 Å². The summed E-state index contributed by atoms with van der Waals surface area (Å²) in [4.78, 5) is 0. The van der Waals surface area contributed by atoms with Gasteiger partial charge in [-0.3, -0.25) is 0 Å². The number of furan rings is 1. The van der Waals surface area contributed by atoms with E-state index in [-0.39, 0.29) is 0 Å². The molecule has 1 unspecified atom stereocenters. The normalized spacial score (nSPS) is 12.8. The van der Waals surface area contributed by atoms with Gasteiger partial charge in [-0.05, 0) is 36.4 Å². The predicted octanol–water partition coefficient (Wildman–Crippen LogP) is 5.44. The second kappa shape index (κ2) is 5.30. The summed E-state index contributed by atoms with van der Waals surface area (Å²) < 4.78 is 5.75. The SMILES string of the molecule is NC(c1cc2cc(Cl)ccc2o1)c1c(Cl)cccc1Cl. The van der Waals surface area contributed by atoms with E-state index in [1.807, 2.05) is 18.2 Å². The van der Waals surface area contributed by atoms with Crippen molar-refractivity contribution in [3.63, 3.8) is 0 Å². The Labute approximate surface area is 131 Å². The van der Waals surface area contributed by atoms with E-state index in [1.54, 1.807) is 24.3 Å². The average Bonchev–Trinajstić information content (AvgIpc) is 2.81. The molecule has 0 bridgehead atoms. The molecule has 2 nitrogen and oxygen atoms in total. The van der Waals surface area contributed by atoms with Crippen LogP contribution in [0.25, 0.3) is 11.0 Å². The Morgan fingerprint density at radius 2 is 1.65 bits per heavy atom. The molecule has 1 atom stereocenters. The highest BCUT2D eigenvalue weighted by Crippen LogP contribution is 2.35. The second-order valence-electron chi connectivity index (χ2n) is 4.44. The first-order valence-electron chi connectivity index (χ1n) is 5.95. The molecule has 0 radical (unpaired) electrons. The zero-order valence-electron chi connectivity index (χ0n) is 10.2. The summed E-state index contributed by atoms with van der Waals surface area (Å²) in [5.74, 6) is 0.595. The molecule has 2 aromatic carbocycles. The third-order valence-corrected chi connectivity index (χ3v) is 4.01. The zero-order valence-corrected chi connectivity index (χ0v) is 12.5. The van der Waals surface area contributed by atoms with Crippen LogP contribution in [0.4, 0.5) is 0 Å². The van der Waals surface area contributed by atoms with E-state index in [1.165, 1.54) is 0 Å². The van der Waals surface area contributed by atoms with Crippen molar-refractivity contribution in [3.05, 3.63) is 68.9 Å². The first-order valence-corrected chi connectivity index (χ1v) is 7.08. The van der Waals surface area contributed by atoms with Crippen molar-refractivity contribution in [1.82, 2.24) is 0 Å². The Hall–Kier alpha value is -1.19. The number of halogens is 3. The molecule has 102 valence electrons. The van der Waals surface area contributed by atoms with E-state index in [2.05, 4.69) is 0 Å². The van der Waals surface area contributed by atoms with Gasteiger partial charge in [0.2, 0.25) is 0 Å². The predicted molar refractivity (Wildman–Crippen MR) is 83.7 cm³/mol. The molecular formula is C15H10Cl3NO. The Kier molecular flexibility index (Phi) is 3.65. The van der Waals surface area contributed by atoms with Gasteiger partial charge in [-0.25, -0.2) is 0 Å². The Morgan fingerprint density at radius 1 is 0.950 bits per heavy atom. The lowest BCUT2D eigenvalue weighted by Crippen LogP contribution is -2.12. The first kappa shape index (κ1) is 13.8. The van der Waals surface area contributed by atoms with Crippen LogP contribution < -0.4 is 5.73 Å². The molecule has 0 aliphatic heterocycles. The van der Waals surface area contributed by atoms with Gasteiger partial charge in [0.05, 0.1) is 6.04 Å². The molecule has 1 aromatic heterocycles. The number of benzene rings is 2. The fourth-order valence-electron chi connectivity index (χ4n) is 2.14. The van der Waals surface area contributed by atoms with Crippen molar-refractivity contribution >= 4 is 45.8 Å². The minimum Gasteiger partial charge on any atom is -0.459 e. The highest BCUT2D eigenvalue weighted by atomic mass is 35.5. The summed E-state index contributed by atoms with van der Waals surface area (Å²) >= 11 is 18.3. The van der Waals surface area contributed by atoms with Crippen molar-refractivity contribution < 1.29 is 4.42 Å². The minimum absolute atomic E-state index is 0.517. The smallest absolute Gasteiger partial charge is 0.134 e. The lowest BCUT2D eigenvalue weighted by Gasteiger charge is -2.12. The topological polar surface area (TPSA) is 39.2 Å². The van der Waals surface area contributed by atoms with Gasteiger partial charge >= 0.3 is 0 Å². The van der Waals surface area contributed by atoms with Crippen molar-refractivity contribution in [2.45, 2.75) is 6.04 Å². The summed E-state index contributed by atoms with van der Waals surface area (Å²) in [7, 11) is 0. The largest absolute Gasteiger partial charge is 0.459 e. The minimum atomic E-state index is -0.526. The molecule has 0 amide bonds. The van der Waals surface area contributed by atoms with Crippen molar-refractivity contribution in [2.75, 3.05) is 0 Å². The third-order valence-electron chi connectivity index (χ3n) is 3.11. The van der Waals surface area contributed by atoms with E-state index in [4.69, 9.17) is 45.0 Å².